The number of nitrogens with zero attached hydrogens (tertiary/aromatic N) is 1. The monoisotopic (exact) mass is 173 g/mol. The highest BCUT2D eigenvalue weighted by atomic mass is 15.1. The van der Waals surface area contributed by atoms with E-state index in [1.165, 1.54) is 13.0 Å². The zero-order chi connectivity index (χ0) is 9.23. The summed E-state index contributed by atoms with van der Waals surface area (Å²) in [4.78, 5) is 2.48. The standard InChI is InChI=1S/C9H23N3/c1-4-7-12(8-5-10-2)9-6-11-3/h10-11H,4-9H2,1-3H3. The second-order valence-corrected chi connectivity index (χ2v) is 3.05. The summed E-state index contributed by atoms with van der Waals surface area (Å²) in [5.74, 6) is 0. The Hall–Kier alpha value is -0.120. The smallest absolute Gasteiger partial charge is 0.0107 e. The first-order valence-electron chi connectivity index (χ1n) is 4.86. The van der Waals surface area contributed by atoms with Crippen molar-refractivity contribution in [2.75, 3.05) is 46.8 Å². The van der Waals surface area contributed by atoms with E-state index in [2.05, 4.69) is 22.5 Å². The topological polar surface area (TPSA) is 27.3 Å². The van der Waals surface area contributed by atoms with Gasteiger partial charge in [-0.1, -0.05) is 6.92 Å². The predicted molar refractivity (Wildman–Crippen MR) is 54.6 cm³/mol. The van der Waals surface area contributed by atoms with Crippen molar-refractivity contribution < 1.29 is 0 Å². The van der Waals surface area contributed by atoms with Crippen molar-refractivity contribution in [3.63, 3.8) is 0 Å². The molecule has 0 aliphatic rings. The molecule has 0 aliphatic carbocycles. The molecule has 0 unspecified atom stereocenters. The largest absolute Gasteiger partial charge is 0.318 e. The van der Waals surface area contributed by atoms with E-state index in [0.717, 1.165) is 26.2 Å². The average molecular weight is 173 g/mol. The molecule has 0 saturated carbocycles. The SMILES string of the molecule is CCCN(CCNC)CCNC. The van der Waals surface area contributed by atoms with Crippen molar-refractivity contribution in [1.29, 1.82) is 0 Å². The van der Waals surface area contributed by atoms with E-state index in [1.807, 2.05) is 14.1 Å². The van der Waals surface area contributed by atoms with Crippen LogP contribution in [0.1, 0.15) is 13.3 Å². The molecule has 0 atom stereocenters. The molecule has 0 radical (unpaired) electrons. The van der Waals surface area contributed by atoms with Gasteiger partial charge >= 0.3 is 0 Å². The molecule has 0 aromatic carbocycles. The molecule has 0 aromatic heterocycles. The van der Waals surface area contributed by atoms with Crippen LogP contribution in [0.4, 0.5) is 0 Å². The maximum Gasteiger partial charge on any atom is 0.0107 e. The lowest BCUT2D eigenvalue weighted by Crippen LogP contribution is -2.36. The van der Waals surface area contributed by atoms with Crippen molar-refractivity contribution in [2.45, 2.75) is 13.3 Å². The lowest BCUT2D eigenvalue weighted by Gasteiger charge is -2.20. The summed E-state index contributed by atoms with van der Waals surface area (Å²) in [7, 11) is 4.00. The van der Waals surface area contributed by atoms with Crippen LogP contribution < -0.4 is 10.6 Å². The lowest BCUT2D eigenvalue weighted by atomic mass is 10.4. The Morgan fingerprint density at radius 1 is 0.917 bits per heavy atom. The lowest BCUT2D eigenvalue weighted by molar-refractivity contribution is 0.277. The minimum atomic E-state index is 1.09. The third-order valence-electron chi connectivity index (χ3n) is 1.90. The van der Waals surface area contributed by atoms with E-state index >= 15 is 0 Å². The molecule has 74 valence electrons. The van der Waals surface area contributed by atoms with Gasteiger partial charge in [-0.25, -0.2) is 0 Å². The van der Waals surface area contributed by atoms with Gasteiger partial charge in [0.1, 0.15) is 0 Å². The van der Waals surface area contributed by atoms with Gasteiger partial charge in [-0.2, -0.15) is 0 Å². The summed E-state index contributed by atoms with van der Waals surface area (Å²) in [6.07, 6.45) is 1.24. The maximum absolute atomic E-state index is 3.17. The number of nitrogens with one attached hydrogen (secondary N) is 2. The molecule has 0 fully saturated rings. The molecule has 0 aromatic rings. The molecule has 0 heterocycles. The summed E-state index contributed by atoms with van der Waals surface area (Å²) in [5, 5.41) is 6.34. The molecule has 2 N–H and O–H groups in total. The highest BCUT2D eigenvalue weighted by Crippen LogP contribution is 1.88. The van der Waals surface area contributed by atoms with E-state index in [9.17, 15) is 0 Å². The van der Waals surface area contributed by atoms with Gasteiger partial charge in [0.05, 0.1) is 0 Å². The predicted octanol–water partition coefficient (Wildman–Crippen LogP) is 0.137. The first-order valence-corrected chi connectivity index (χ1v) is 4.86. The molecular weight excluding hydrogens is 150 g/mol. The third-order valence-corrected chi connectivity index (χ3v) is 1.90. The molecule has 0 rings (SSSR count). The Bertz CT molecular complexity index is 77.8. The van der Waals surface area contributed by atoms with Gasteiger partial charge in [0.15, 0.2) is 0 Å². The zero-order valence-corrected chi connectivity index (χ0v) is 8.69. The van der Waals surface area contributed by atoms with Crippen LogP contribution in [0.5, 0.6) is 0 Å². The fourth-order valence-corrected chi connectivity index (χ4v) is 1.19. The highest BCUT2D eigenvalue weighted by molar-refractivity contribution is 4.59. The van der Waals surface area contributed by atoms with Crippen LogP contribution in [-0.4, -0.2) is 51.7 Å². The normalized spacial score (nSPS) is 11.0. The third kappa shape index (κ3) is 6.58. The number of rotatable bonds is 8. The molecule has 12 heavy (non-hydrogen) atoms. The molecule has 0 saturated heterocycles. The van der Waals surface area contributed by atoms with Crippen LogP contribution in [0.2, 0.25) is 0 Å². The summed E-state index contributed by atoms with van der Waals surface area (Å²) < 4.78 is 0. The van der Waals surface area contributed by atoms with E-state index in [1.54, 1.807) is 0 Å². The fourth-order valence-electron chi connectivity index (χ4n) is 1.19. The van der Waals surface area contributed by atoms with Gasteiger partial charge in [0.25, 0.3) is 0 Å². The minimum absolute atomic E-state index is 1.09. The van der Waals surface area contributed by atoms with Crippen LogP contribution in [0.3, 0.4) is 0 Å². The number of hydrogen-bond acceptors (Lipinski definition) is 3. The Labute approximate surface area is 76.5 Å². The van der Waals surface area contributed by atoms with Gasteiger partial charge in [-0.3, -0.25) is 0 Å². The van der Waals surface area contributed by atoms with E-state index in [4.69, 9.17) is 0 Å². The van der Waals surface area contributed by atoms with Crippen LogP contribution in [-0.2, 0) is 0 Å². The Morgan fingerprint density at radius 2 is 1.42 bits per heavy atom. The second-order valence-electron chi connectivity index (χ2n) is 3.05. The van der Waals surface area contributed by atoms with Gasteiger partial charge in [-0.15, -0.1) is 0 Å². The van der Waals surface area contributed by atoms with E-state index in [0.29, 0.717) is 0 Å². The zero-order valence-electron chi connectivity index (χ0n) is 8.69. The van der Waals surface area contributed by atoms with Gasteiger partial charge in [0.2, 0.25) is 0 Å². The van der Waals surface area contributed by atoms with E-state index < -0.39 is 0 Å². The quantitative estimate of drug-likeness (QED) is 0.546. The maximum atomic E-state index is 3.17. The van der Waals surface area contributed by atoms with Crippen LogP contribution >= 0.6 is 0 Å². The molecule has 0 bridgehead atoms. The minimum Gasteiger partial charge on any atom is -0.318 e. The summed E-state index contributed by atoms with van der Waals surface area (Å²) in [6.45, 7) is 7.93. The first kappa shape index (κ1) is 11.9. The van der Waals surface area contributed by atoms with Crippen LogP contribution in [0.15, 0.2) is 0 Å². The molecule has 0 aliphatic heterocycles. The van der Waals surface area contributed by atoms with Crippen molar-refractivity contribution in [2.24, 2.45) is 0 Å². The molecule has 3 nitrogen and oxygen atoms in total. The number of hydrogen-bond donors (Lipinski definition) is 2. The van der Waals surface area contributed by atoms with Gasteiger partial charge in [-0.05, 0) is 27.1 Å². The van der Waals surface area contributed by atoms with Gasteiger partial charge < -0.3 is 15.5 Å². The molecule has 0 amide bonds. The van der Waals surface area contributed by atoms with E-state index in [-0.39, 0.29) is 0 Å². The van der Waals surface area contributed by atoms with Crippen molar-refractivity contribution in [3.05, 3.63) is 0 Å². The average Bonchev–Trinajstić information content (AvgIpc) is 2.10. The molecular formula is C9H23N3. The summed E-state index contributed by atoms with van der Waals surface area (Å²) in [5.41, 5.74) is 0. The molecule has 3 heteroatoms. The van der Waals surface area contributed by atoms with Crippen molar-refractivity contribution in [3.8, 4) is 0 Å². The second kappa shape index (κ2) is 8.97. The Balaban J connectivity index is 3.40. The van der Waals surface area contributed by atoms with Crippen LogP contribution in [0.25, 0.3) is 0 Å². The van der Waals surface area contributed by atoms with Crippen molar-refractivity contribution in [1.82, 2.24) is 15.5 Å². The fraction of sp³-hybridized carbons (Fsp3) is 1.00. The van der Waals surface area contributed by atoms with Crippen molar-refractivity contribution >= 4 is 0 Å². The number of likely N-dealkylation sites (N-methyl/N-ethyl adjacent to an activating group) is 2. The summed E-state index contributed by atoms with van der Waals surface area (Å²) >= 11 is 0. The molecule has 0 spiro atoms. The summed E-state index contributed by atoms with van der Waals surface area (Å²) in [6, 6.07) is 0. The first-order chi connectivity index (χ1) is 5.85. The highest BCUT2D eigenvalue weighted by Gasteiger charge is 2.00. The van der Waals surface area contributed by atoms with Crippen LogP contribution in [0, 0.1) is 0 Å². The Kier molecular flexibility index (Phi) is 8.88. The van der Waals surface area contributed by atoms with Gasteiger partial charge in [0, 0.05) is 26.2 Å². The Morgan fingerprint density at radius 3 is 1.75 bits per heavy atom.